The molecule has 1 saturated carbocycles. The van der Waals surface area contributed by atoms with Gasteiger partial charge in [0, 0.05) is 0 Å². The first-order valence-electron chi connectivity index (χ1n) is 6.53. The second-order valence-corrected chi connectivity index (χ2v) is 6.07. The van der Waals surface area contributed by atoms with E-state index in [4.69, 9.17) is 0 Å². The minimum Gasteiger partial charge on any atom is -0.388 e. The van der Waals surface area contributed by atoms with E-state index in [9.17, 15) is 5.11 Å². The first kappa shape index (κ1) is 11.9. The number of rotatable bonds is 1. The molecular formula is C15H24O. The fourth-order valence-corrected chi connectivity index (χ4v) is 3.83. The normalized spacial score (nSPS) is 43.6. The number of hydrogen-bond acceptors (Lipinski definition) is 1. The third-order valence-corrected chi connectivity index (χ3v) is 4.91. The number of aliphatic hydroxyl groups is 1. The second-order valence-electron chi connectivity index (χ2n) is 6.07. The van der Waals surface area contributed by atoms with Gasteiger partial charge in [0.15, 0.2) is 0 Å². The Hall–Kier alpha value is -0.560. The molecule has 0 unspecified atom stereocenters. The molecule has 0 saturated heterocycles. The summed E-state index contributed by atoms with van der Waals surface area (Å²) in [6.45, 7) is 10.9. The summed E-state index contributed by atoms with van der Waals surface area (Å²) in [5.41, 5.74) is 1.11. The molecule has 16 heavy (non-hydrogen) atoms. The standard InChI is InChI=1S/C15H24O/c1-10(2)13-6-5-12(4)15(13)8-7-11(3)14(16)9-15/h7-8,10,12-14,16H,3,5-6,9H2,1-2,4H3/t12-,13-,14+,15-/m0/s1. The van der Waals surface area contributed by atoms with E-state index in [1.807, 2.05) is 0 Å². The maximum absolute atomic E-state index is 10.1. The van der Waals surface area contributed by atoms with Crippen LogP contribution in [-0.2, 0) is 0 Å². The fourth-order valence-electron chi connectivity index (χ4n) is 3.83. The molecule has 1 fully saturated rings. The zero-order valence-electron chi connectivity index (χ0n) is 10.7. The van der Waals surface area contributed by atoms with Gasteiger partial charge in [0.25, 0.3) is 0 Å². The summed E-state index contributed by atoms with van der Waals surface area (Å²) in [5, 5.41) is 10.1. The van der Waals surface area contributed by atoms with E-state index in [-0.39, 0.29) is 11.5 Å². The molecule has 0 aromatic rings. The summed E-state index contributed by atoms with van der Waals surface area (Å²) in [4.78, 5) is 0. The first-order chi connectivity index (χ1) is 7.47. The van der Waals surface area contributed by atoms with Crippen LogP contribution in [0.2, 0.25) is 0 Å². The monoisotopic (exact) mass is 220 g/mol. The first-order valence-corrected chi connectivity index (χ1v) is 6.53. The summed E-state index contributed by atoms with van der Waals surface area (Å²) >= 11 is 0. The Morgan fingerprint density at radius 2 is 2.12 bits per heavy atom. The average molecular weight is 220 g/mol. The molecular weight excluding hydrogens is 196 g/mol. The molecule has 1 heteroatoms. The quantitative estimate of drug-likeness (QED) is 0.716. The zero-order chi connectivity index (χ0) is 11.9. The highest BCUT2D eigenvalue weighted by Crippen LogP contribution is 2.56. The molecule has 1 spiro atoms. The van der Waals surface area contributed by atoms with Crippen molar-refractivity contribution in [3.8, 4) is 0 Å². The molecule has 0 heterocycles. The second kappa shape index (κ2) is 4.03. The predicted octanol–water partition coefficient (Wildman–Crippen LogP) is 3.55. The van der Waals surface area contributed by atoms with E-state index in [1.165, 1.54) is 12.8 Å². The van der Waals surface area contributed by atoms with Gasteiger partial charge in [-0.2, -0.15) is 0 Å². The van der Waals surface area contributed by atoms with Crippen molar-refractivity contribution < 1.29 is 5.11 Å². The zero-order valence-corrected chi connectivity index (χ0v) is 10.7. The van der Waals surface area contributed by atoms with Crippen LogP contribution < -0.4 is 0 Å². The molecule has 0 aromatic carbocycles. The number of aliphatic hydroxyl groups excluding tert-OH is 1. The van der Waals surface area contributed by atoms with Gasteiger partial charge in [-0.3, -0.25) is 0 Å². The van der Waals surface area contributed by atoms with Gasteiger partial charge in [0.1, 0.15) is 0 Å². The maximum Gasteiger partial charge on any atom is 0.0792 e. The van der Waals surface area contributed by atoms with Crippen LogP contribution in [0.15, 0.2) is 24.3 Å². The summed E-state index contributed by atoms with van der Waals surface area (Å²) in [7, 11) is 0. The molecule has 0 aromatic heterocycles. The lowest BCUT2D eigenvalue weighted by Crippen LogP contribution is -2.38. The molecule has 0 amide bonds. The predicted molar refractivity (Wildman–Crippen MR) is 68.1 cm³/mol. The van der Waals surface area contributed by atoms with Crippen molar-refractivity contribution in [3.05, 3.63) is 24.3 Å². The Kier molecular flexibility index (Phi) is 3.00. The summed E-state index contributed by atoms with van der Waals surface area (Å²) < 4.78 is 0. The minimum atomic E-state index is -0.327. The lowest BCUT2D eigenvalue weighted by atomic mass is 9.63. The van der Waals surface area contributed by atoms with Gasteiger partial charge in [-0.25, -0.2) is 0 Å². The Bertz CT molecular complexity index is 315. The van der Waals surface area contributed by atoms with Crippen molar-refractivity contribution in [2.24, 2.45) is 23.2 Å². The lowest BCUT2D eigenvalue weighted by molar-refractivity contribution is 0.0764. The van der Waals surface area contributed by atoms with Crippen LogP contribution in [0.5, 0.6) is 0 Å². The van der Waals surface area contributed by atoms with Gasteiger partial charge in [0.05, 0.1) is 6.10 Å². The van der Waals surface area contributed by atoms with Crippen LogP contribution in [0.25, 0.3) is 0 Å². The van der Waals surface area contributed by atoms with E-state index in [1.54, 1.807) is 0 Å². The van der Waals surface area contributed by atoms with Crippen LogP contribution in [0, 0.1) is 23.2 Å². The molecule has 0 bridgehead atoms. The van der Waals surface area contributed by atoms with Crippen molar-refractivity contribution >= 4 is 0 Å². The summed E-state index contributed by atoms with van der Waals surface area (Å²) in [5.74, 6) is 2.12. The lowest BCUT2D eigenvalue weighted by Gasteiger charge is -2.43. The van der Waals surface area contributed by atoms with Crippen LogP contribution in [0.3, 0.4) is 0 Å². The molecule has 90 valence electrons. The van der Waals surface area contributed by atoms with Crippen LogP contribution in [0.4, 0.5) is 0 Å². The van der Waals surface area contributed by atoms with Crippen molar-refractivity contribution in [1.29, 1.82) is 0 Å². The average Bonchev–Trinajstić information content (AvgIpc) is 2.51. The van der Waals surface area contributed by atoms with E-state index in [2.05, 4.69) is 39.5 Å². The van der Waals surface area contributed by atoms with Gasteiger partial charge < -0.3 is 5.11 Å². The largest absolute Gasteiger partial charge is 0.388 e. The number of allylic oxidation sites excluding steroid dienone is 1. The van der Waals surface area contributed by atoms with Crippen molar-refractivity contribution in [1.82, 2.24) is 0 Å². The Morgan fingerprint density at radius 3 is 2.69 bits per heavy atom. The highest BCUT2D eigenvalue weighted by molar-refractivity contribution is 5.29. The molecule has 2 aliphatic rings. The molecule has 1 N–H and O–H groups in total. The number of hydrogen-bond donors (Lipinski definition) is 1. The van der Waals surface area contributed by atoms with E-state index in [0.717, 1.165) is 17.9 Å². The van der Waals surface area contributed by atoms with Gasteiger partial charge >= 0.3 is 0 Å². The summed E-state index contributed by atoms with van der Waals surface area (Å²) in [6, 6.07) is 0. The van der Waals surface area contributed by atoms with Crippen LogP contribution in [0.1, 0.15) is 40.0 Å². The van der Waals surface area contributed by atoms with Crippen molar-refractivity contribution in [3.63, 3.8) is 0 Å². The van der Waals surface area contributed by atoms with Gasteiger partial charge in [-0.1, -0.05) is 39.5 Å². The summed E-state index contributed by atoms with van der Waals surface area (Å²) in [6.07, 6.45) is 7.57. The van der Waals surface area contributed by atoms with Crippen LogP contribution >= 0.6 is 0 Å². The minimum absolute atomic E-state index is 0.231. The Morgan fingerprint density at radius 1 is 1.44 bits per heavy atom. The third-order valence-electron chi connectivity index (χ3n) is 4.91. The van der Waals surface area contributed by atoms with Gasteiger partial charge in [-0.05, 0) is 48.0 Å². The van der Waals surface area contributed by atoms with Gasteiger partial charge in [-0.15, -0.1) is 0 Å². The maximum atomic E-state index is 10.1. The molecule has 0 aliphatic heterocycles. The van der Waals surface area contributed by atoms with Crippen molar-refractivity contribution in [2.75, 3.05) is 0 Å². The van der Waals surface area contributed by atoms with E-state index >= 15 is 0 Å². The molecule has 0 radical (unpaired) electrons. The molecule has 4 atom stereocenters. The Balaban J connectivity index is 2.34. The SMILES string of the molecule is C=C1C=C[C@]2(C[C@H]1O)[C@@H](C)CC[C@H]2C(C)C. The molecule has 2 aliphatic carbocycles. The Labute approximate surface area is 99.3 Å². The highest BCUT2D eigenvalue weighted by Gasteiger charge is 2.49. The van der Waals surface area contributed by atoms with E-state index in [0.29, 0.717) is 11.8 Å². The fraction of sp³-hybridized carbons (Fsp3) is 0.733. The van der Waals surface area contributed by atoms with Crippen LogP contribution in [-0.4, -0.2) is 11.2 Å². The molecule has 1 nitrogen and oxygen atoms in total. The smallest absolute Gasteiger partial charge is 0.0792 e. The highest BCUT2D eigenvalue weighted by atomic mass is 16.3. The van der Waals surface area contributed by atoms with Crippen molar-refractivity contribution in [2.45, 2.75) is 46.1 Å². The van der Waals surface area contributed by atoms with E-state index < -0.39 is 0 Å². The van der Waals surface area contributed by atoms with Gasteiger partial charge in [0.2, 0.25) is 0 Å². The third kappa shape index (κ3) is 1.66. The molecule has 2 rings (SSSR count). The topological polar surface area (TPSA) is 20.2 Å².